The highest BCUT2D eigenvalue weighted by atomic mass is 16.7. The molecule has 152 valence electrons. The fraction of sp³-hybridized carbons (Fsp3) is 0.636. The summed E-state index contributed by atoms with van der Waals surface area (Å²) < 4.78 is 16.7. The predicted octanol–water partition coefficient (Wildman–Crippen LogP) is 4.13. The van der Waals surface area contributed by atoms with E-state index in [1.165, 1.54) is 0 Å². The summed E-state index contributed by atoms with van der Waals surface area (Å²) in [5.74, 6) is 0.705. The summed E-state index contributed by atoms with van der Waals surface area (Å²) >= 11 is 0. The first-order valence-electron chi connectivity index (χ1n) is 9.93. The van der Waals surface area contributed by atoms with Crippen molar-refractivity contribution in [1.29, 1.82) is 0 Å². The Morgan fingerprint density at radius 1 is 1.26 bits per heavy atom. The standard InChI is InChI=1S/C22H35NO4/c1-6-23(3)16-18-9-11-20(25-4)21(24)19(18)10-8-17-12-14-22(26-5,15-13-17)27-7-2/h9,11-12,14,17,24H,6-8,10,13,15-16H2,1-5H3. The molecule has 0 fully saturated rings. The fourth-order valence-electron chi connectivity index (χ4n) is 3.66. The molecular weight excluding hydrogens is 342 g/mol. The molecule has 0 amide bonds. The van der Waals surface area contributed by atoms with Crippen LogP contribution in [-0.4, -0.2) is 50.2 Å². The van der Waals surface area contributed by atoms with E-state index in [-0.39, 0.29) is 5.75 Å². The number of ether oxygens (including phenoxy) is 3. The lowest BCUT2D eigenvalue weighted by molar-refractivity contribution is -0.193. The number of nitrogens with zero attached hydrogens (tertiary/aromatic N) is 1. The summed E-state index contributed by atoms with van der Waals surface area (Å²) in [5.41, 5.74) is 2.16. The van der Waals surface area contributed by atoms with Crippen molar-refractivity contribution in [3.63, 3.8) is 0 Å². The lowest BCUT2D eigenvalue weighted by Gasteiger charge is -2.34. The Labute approximate surface area is 163 Å². The molecule has 0 aliphatic heterocycles. The largest absolute Gasteiger partial charge is 0.504 e. The molecule has 27 heavy (non-hydrogen) atoms. The minimum absolute atomic E-state index is 0.278. The molecule has 0 bridgehead atoms. The summed E-state index contributed by atoms with van der Waals surface area (Å²) in [6.07, 6.45) is 7.93. The van der Waals surface area contributed by atoms with Crippen molar-refractivity contribution in [1.82, 2.24) is 4.90 Å². The number of benzene rings is 1. The van der Waals surface area contributed by atoms with Crippen molar-refractivity contribution in [2.45, 2.75) is 51.9 Å². The van der Waals surface area contributed by atoms with E-state index in [2.05, 4.69) is 37.1 Å². The summed E-state index contributed by atoms with van der Waals surface area (Å²) in [7, 11) is 5.39. The SMILES string of the molecule is CCOC1(OC)C=CC(CCc2c(CN(C)CC)ccc(OC)c2O)CC1. The second kappa shape index (κ2) is 10.1. The molecule has 2 rings (SSSR count). The zero-order chi connectivity index (χ0) is 19.9. The monoisotopic (exact) mass is 377 g/mol. The molecule has 2 atom stereocenters. The molecule has 0 aromatic heterocycles. The van der Waals surface area contributed by atoms with Crippen LogP contribution in [0.4, 0.5) is 0 Å². The van der Waals surface area contributed by atoms with Gasteiger partial charge >= 0.3 is 0 Å². The van der Waals surface area contributed by atoms with Gasteiger partial charge in [-0.3, -0.25) is 0 Å². The van der Waals surface area contributed by atoms with Gasteiger partial charge in [-0.05, 0) is 63.4 Å². The highest BCUT2D eigenvalue weighted by Gasteiger charge is 2.31. The first-order valence-corrected chi connectivity index (χ1v) is 9.93. The maximum Gasteiger partial charge on any atom is 0.187 e. The van der Waals surface area contributed by atoms with Gasteiger partial charge in [-0.1, -0.05) is 19.1 Å². The highest BCUT2D eigenvalue weighted by molar-refractivity contribution is 5.50. The molecule has 5 heteroatoms. The van der Waals surface area contributed by atoms with Crippen molar-refractivity contribution in [2.75, 3.05) is 34.4 Å². The molecule has 0 radical (unpaired) electrons. The van der Waals surface area contributed by atoms with E-state index in [1.807, 2.05) is 13.0 Å². The van der Waals surface area contributed by atoms with Crippen LogP contribution in [0, 0.1) is 5.92 Å². The van der Waals surface area contributed by atoms with Gasteiger partial charge in [0.1, 0.15) is 0 Å². The summed E-state index contributed by atoms with van der Waals surface area (Å²) in [5, 5.41) is 10.7. The van der Waals surface area contributed by atoms with Crippen LogP contribution >= 0.6 is 0 Å². The van der Waals surface area contributed by atoms with Crippen LogP contribution in [0.25, 0.3) is 0 Å². The van der Waals surface area contributed by atoms with E-state index in [9.17, 15) is 5.11 Å². The molecule has 1 aromatic carbocycles. The number of hydrogen-bond donors (Lipinski definition) is 1. The third-order valence-electron chi connectivity index (χ3n) is 5.53. The van der Waals surface area contributed by atoms with Crippen LogP contribution in [0.2, 0.25) is 0 Å². The van der Waals surface area contributed by atoms with Crippen molar-refractivity contribution < 1.29 is 19.3 Å². The Morgan fingerprint density at radius 2 is 2.04 bits per heavy atom. The van der Waals surface area contributed by atoms with Gasteiger partial charge in [0.05, 0.1) is 7.11 Å². The molecular formula is C22H35NO4. The van der Waals surface area contributed by atoms with Gasteiger partial charge in [-0.2, -0.15) is 0 Å². The topological polar surface area (TPSA) is 51.2 Å². The van der Waals surface area contributed by atoms with E-state index in [0.717, 1.165) is 49.9 Å². The quantitative estimate of drug-likeness (QED) is 0.491. The van der Waals surface area contributed by atoms with Crippen LogP contribution in [-0.2, 0) is 22.4 Å². The lowest BCUT2D eigenvalue weighted by Crippen LogP contribution is -2.35. The molecule has 1 N–H and O–H groups in total. The number of allylic oxidation sites excluding steroid dienone is 1. The Hall–Kier alpha value is -1.56. The van der Waals surface area contributed by atoms with Crippen LogP contribution in [0.5, 0.6) is 11.5 Å². The highest BCUT2D eigenvalue weighted by Crippen LogP contribution is 2.36. The molecule has 0 spiro atoms. The number of phenols is 1. The van der Waals surface area contributed by atoms with Gasteiger partial charge in [0.15, 0.2) is 17.3 Å². The van der Waals surface area contributed by atoms with Crippen LogP contribution in [0.15, 0.2) is 24.3 Å². The van der Waals surface area contributed by atoms with Gasteiger partial charge in [0.25, 0.3) is 0 Å². The number of methoxy groups -OCH3 is 2. The van der Waals surface area contributed by atoms with E-state index in [0.29, 0.717) is 18.3 Å². The lowest BCUT2D eigenvalue weighted by atomic mass is 9.86. The molecule has 1 aromatic rings. The second-order valence-electron chi connectivity index (χ2n) is 7.23. The number of rotatable bonds is 10. The second-order valence-corrected chi connectivity index (χ2v) is 7.23. The third kappa shape index (κ3) is 5.47. The van der Waals surface area contributed by atoms with Gasteiger partial charge in [-0.25, -0.2) is 0 Å². The van der Waals surface area contributed by atoms with E-state index >= 15 is 0 Å². The Kier molecular flexibility index (Phi) is 8.14. The average molecular weight is 378 g/mol. The minimum Gasteiger partial charge on any atom is -0.504 e. The van der Waals surface area contributed by atoms with E-state index in [1.54, 1.807) is 14.2 Å². The van der Waals surface area contributed by atoms with E-state index in [4.69, 9.17) is 14.2 Å². The first-order chi connectivity index (χ1) is 13.0. The van der Waals surface area contributed by atoms with Gasteiger partial charge in [-0.15, -0.1) is 0 Å². The zero-order valence-electron chi connectivity index (χ0n) is 17.5. The van der Waals surface area contributed by atoms with Crippen molar-refractivity contribution in [3.05, 3.63) is 35.4 Å². The Morgan fingerprint density at radius 3 is 2.59 bits per heavy atom. The smallest absolute Gasteiger partial charge is 0.187 e. The van der Waals surface area contributed by atoms with Crippen LogP contribution in [0.1, 0.15) is 44.2 Å². The predicted molar refractivity (Wildman–Crippen MR) is 108 cm³/mol. The zero-order valence-corrected chi connectivity index (χ0v) is 17.5. The van der Waals surface area contributed by atoms with Gasteiger partial charge in [0, 0.05) is 32.2 Å². The molecule has 1 aliphatic carbocycles. The van der Waals surface area contributed by atoms with Crippen LogP contribution in [0.3, 0.4) is 0 Å². The molecule has 0 heterocycles. The summed E-state index contributed by atoms with van der Waals surface area (Å²) in [4.78, 5) is 2.24. The van der Waals surface area contributed by atoms with Crippen LogP contribution < -0.4 is 4.74 Å². The third-order valence-corrected chi connectivity index (χ3v) is 5.53. The summed E-state index contributed by atoms with van der Waals surface area (Å²) in [6.45, 7) is 6.54. The maximum atomic E-state index is 10.7. The number of aromatic hydroxyl groups is 1. The number of hydrogen-bond acceptors (Lipinski definition) is 5. The Bertz CT molecular complexity index is 631. The maximum absolute atomic E-state index is 10.7. The summed E-state index contributed by atoms with van der Waals surface area (Å²) in [6, 6.07) is 3.93. The van der Waals surface area contributed by atoms with Crippen molar-refractivity contribution >= 4 is 0 Å². The fourth-order valence-corrected chi connectivity index (χ4v) is 3.66. The van der Waals surface area contributed by atoms with Crippen molar-refractivity contribution in [3.8, 4) is 11.5 Å². The molecule has 0 saturated heterocycles. The minimum atomic E-state index is -0.571. The van der Waals surface area contributed by atoms with Gasteiger partial charge < -0.3 is 24.2 Å². The van der Waals surface area contributed by atoms with Crippen molar-refractivity contribution in [2.24, 2.45) is 5.92 Å². The normalized spacial score (nSPS) is 22.4. The van der Waals surface area contributed by atoms with E-state index < -0.39 is 5.79 Å². The first kappa shape index (κ1) is 21.7. The molecule has 2 unspecified atom stereocenters. The Balaban J connectivity index is 2.11. The average Bonchev–Trinajstić information content (AvgIpc) is 2.69. The molecule has 1 aliphatic rings. The number of phenolic OH excluding ortho intramolecular Hbond substituents is 1. The molecule has 5 nitrogen and oxygen atoms in total. The van der Waals surface area contributed by atoms with Gasteiger partial charge in [0.2, 0.25) is 0 Å². The molecule has 0 saturated carbocycles.